The highest BCUT2D eigenvalue weighted by Crippen LogP contribution is 2.25. The Labute approximate surface area is 663 Å². The molecule has 12 aromatic rings. The minimum atomic E-state index is -1.05. The van der Waals surface area contributed by atoms with Gasteiger partial charge in [-0.25, -0.2) is 28.4 Å². The number of nitrogens with one attached hydrogen (secondary N) is 2. The number of ether oxygens (including phenoxy) is 2. The number of nitrogens with two attached hydrogens (primary N) is 2. The van der Waals surface area contributed by atoms with Crippen molar-refractivity contribution in [3.63, 3.8) is 0 Å². The first-order chi connectivity index (χ1) is 53.0. The molecule has 112 heavy (non-hydrogen) atoms. The smallest absolute Gasteiger partial charge is 0.407 e. The molecule has 0 aliphatic rings. The van der Waals surface area contributed by atoms with Gasteiger partial charge < -0.3 is 51.4 Å². The minimum absolute atomic E-state index is 0. The van der Waals surface area contributed by atoms with Crippen LogP contribution in [-0.4, -0.2) is 96.5 Å². The first kappa shape index (κ1) is 85.0. The third-order valence-electron chi connectivity index (χ3n) is 17.2. The van der Waals surface area contributed by atoms with Crippen LogP contribution in [0.25, 0.3) is 17.1 Å². The number of ketones is 2. The van der Waals surface area contributed by atoms with Crippen molar-refractivity contribution in [2.75, 3.05) is 41.6 Å². The fourth-order valence-electron chi connectivity index (χ4n) is 12.1. The lowest BCUT2D eigenvalue weighted by Crippen LogP contribution is -2.32. The number of para-hydroxylation sites is 3. The number of carbonyl (C=O) groups is 5. The second-order valence-corrected chi connectivity index (χ2v) is 29.1. The molecule has 2 amide bonds. The Balaban J connectivity index is 0.000000195. The number of Topliss-reactive ketones (excluding diaryl/α,β-unsaturated/α-hetero) is 2. The summed E-state index contributed by atoms with van der Waals surface area (Å²) in [5, 5.41) is 28.1. The maximum atomic E-state index is 13.5. The number of hydrogen-bond donors (Lipinski definition) is 5. The fourth-order valence-corrected chi connectivity index (χ4v) is 12.1. The fraction of sp³-hybridized carbons (Fsp3) is 0.244. The highest BCUT2D eigenvalue weighted by atomic mass is 35.5. The summed E-state index contributed by atoms with van der Waals surface area (Å²) in [6.07, 6.45) is -0.386. The number of nitrogens with zero attached hydrogens (tertiary/aromatic N) is 9. The second kappa shape index (κ2) is 40.2. The van der Waals surface area contributed by atoms with Gasteiger partial charge in [0.1, 0.15) is 22.6 Å². The number of amides is 2. The van der Waals surface area contributed by atoms with E-state index < -0.39 is 29.4 Å². The molecular formula is C90H102ClN13O8. The number of aromatic carboxylic acids is 1. The van der Waals surface area contributed by atoms with Gasteiger partial charge in [0.2, 0.25) is 0 Å². The molecule has 0 saturated heterocycles. The topological polar surface area (TPSA) is 263 Å². The maximum absolute atomic E-state index is 13.5. The molecular weight excluding hydrogens is 1430 g/mol. The van der Waals surface area contributed by atoms with Crippen molar-refractivity contribution in [3.8, 4) is 17.1 Å². The molecule has 0 aliphatic heterocycles. The number of aryl methyl sites for hydroxylation is 3. The van der Waals surface area contributed by atoms with E-state index in [0.29, 0.717) is 42.3 Å². The average Bonchev–Trinajstić information content (AvgIpc) is 1.66. The van der Waals surface area contributed by atoms with Gasteiger partial charge in [-0.15, -0.1) is 12.4 Å². The van der Waals surface area contributed by atoms with E-state index in [1.807, 2.05) is 198 Å². The largest absolute Gasteiger partial charge is 0.477 e. The molecule has 3 heterocycles. The summed E-state index contributed by atoms with van der Waals surface area (Å²) < 4.78 is 15.3. The van der Waals surface area contributed by atoms with Crippen molar-refractivity contribution in [2.45, 2.75) is 126 Å². The SMILES string of the molecule is CN(Cc1cccc(N)c1)c1ccccc1.Cc1cc(C(=O)Cc2cccc(CN(C)c3ccccc3)c2)n(-c2cccc(CN)c2)n1.Cc1cc(C(=O)Cc2cccc(CN(C)c3ccccc3)c2)n(-c2cccc(CNC(=O)OC(C)(C)C)c2)n1.Cc1cc(C(=O)O)n(-c2cccc(CNC(=O)OC(C)(C)C)c2)n1.Cl. The predicted molar refractivity (Wildman–Crippen MR) is 449 cm³/mol. The third kappa shape index (κ3) is 26.3. The molecule has 582 valence electrons. The number of anilines is 4. The average molecular weight is 1530 g/mol. The maximum Gasteiger partial charge on any atom is 0.407 e. The van der Waals surface area contributed by atoms with E-state index in [1.165, 1.54) is 27.6 Å². The summed E-state index contributed by atoms with van der Waals surface area (Å²) in [7, 11) is 6.22. The molecule has 0 radical (unpaired) electrons. The van der Waals surface area contributed by atoms with Gasteiger partial charge in [-0.3, -0.25) is 9.59 Å². The van der Waals surface area contributed by atoms with Crippen LogP contribution in [0.2, 0.25) is 0 Å². The van der Waals surface area contributed by atoms with Crippen molar-refractivity contribution in [1.29, 1.82) is 0 Å². The molecule has 9 aromatic carbocycles. The quantitative estimate of drug-likeness (QED) is 0.0278. The standard InChI is InChI=1S/C32H36N4O3.C27H28N4O.C17H21N3O4.C14H16N2.ClH/c1-23-17-29(36(34-23)28-16-10-12-25(19-28)21-33-31(38)39-32(2,3)4)30(37)20-24-11-9-13-26(18-24)22-35(5)27-14-7-6-8-15-27;1-20-14-26(31(29-20)25-13-7-9-22(16-25)18-28)27(32)17-21-8-6-10-23(15-21)19-30(2)24-11-4-3-5-12-24;1-11-8-14(15(21)22)20(19-11)13-7-5-6-12(9-13)10-18-16(23)24-17(2,3)4;1-16(14-8-3-2-4-9-14)11-12-6-5-7-13(15)10-12;/h6-19H,20-22H2,1-5H3,(H,33,38);3-16H,17-19,28H2,1-2H3;5-9H,10H2,1-4H3,(H,18,23)(H,21,22);2-10H,11,15H2,1H3;1H. The predicted octanol–water partition coefficient (Wildman–Crippen LogP) is 17.2. The molecule has 3 aromatic heterocycles. The summed E-state index contributed by atoms with van der Waals surface area (Å²) >= 11 is 0. The lowest BCUT2D eigenvalue weighted by atomic mass is 10.0. The molecule has 7 N–H and O–H groups in total. The molecule has 0 spiro atoms. The number of aromatic nitrogens is 6. The van der Waals surface area contributed by atoms with Crippen LogP contribution in [0.1, 0.15) is 135 Å². The zero-order valence-electron chi connectivity index (χ0n) is 65.8. The molecule has 0 atom stereocenters. The zero-order valence-corrected chi connectivity index (χ0v) is 66.6. The van der Waals surface area contributed by atoms with E-state index in [9.17, 15) is 29.1 Å². The van der Waals surface area contributed by atoms with Gasteiger partial charge in [0, 0.05) is 96.0 Å². The van der Waals surface area contributed by atoms with Crippen LogP contribution in [0.3, 0.4) is 0 Å². The van der Waals surface area contributed by atoms with Crippen molar-refractivity contribution in [1.82, 2.24) is 40.0 Å². The normalized spacial score (nSPS) is 10.8. The van der Waals surface area contributed by atoms with Crippen LogP contribution < -0.4 is 36.8 Å². The summed E-state index contributed by atoms with van der Waals surface area (Å²) in [4.78, 5) is 68.4. The van der Waals surface area contributed by atoms with Crippen molar-refractivity contribution >= 4 is 64.9 Å². The van der Waals surface area contributed by atoms with Gasteiger partial charge >= 0.3 is 18.2 Å². The van der Waals surface area contributed by atoms with Crippen molar-refractivity contribution in [2.24, 2.45) is 5.73 Å². The van der Waals surface area contributed by atoms with Crippen LogP contribution in [0.4, 0.5) is 32.3 Å². The Hall–Kier alpha value is -12.6. The molecule has 22 heteroatoms. The van der Waals surface area contributed by atoms with Gasteiger partial charge in [0.15, 0.2) is 17.3 Å². The van der Waals surface area contributed by atoms with Gasteiger partial charge in [-0.1, -0.05) is 152 Å². The van der Waals surface area contributed by atoms with Crippen LogP contribution >= 0.6 is 12.4 Å². The number of carbonyl (C=O) groups excluding carboxylic acids is 4. The Morgan fingerprint density at radius 2 is 0.696 bits per heavy atom. The lowest BCUT2D eigenvalue weighted by Gasteiger charge is -2.19. The number of benzene rings is 9. The Morgan fingerprint density at radius 3 is 1.04 bits per heavy atom. The number of rotatable bonds is 24. The summed E-state index contributed by atoms with van der Waals surface area (Å²) in [5.41, 5.74) is 28.5. The summed E-state index contributed by atoms with van der Waals surface area (Å²) in [6, 6.07) is 83.0. The first-order valence-electron chi connectivity index (χ1n) is 36.7. The molecule has 12 rings (SSSR count). The summed E-state index contributed by atoms with van der Waals surface area (Å²) in [5.74, 6) is -1.02. The zero-order chi connectivity index (χ0) is 79.8. The van der Waals surface area contributed by atoms with E-state index in [-0.39, 0.29) is 42.6 Å². The van der Waals surface area contributed by atoms with Gasteiger partial charge in [-0.05, 0) is 210 Å². The van der Waals surface area contributed by atoms with Crippen LogP contribution in [0.5, 0.6) is 0 Å². The molecule has 0 aliphatic carbocycles. The van der Waals surface area contributed by atoms with E-state index in [1.54, 1.807) is 55.3 Å². The first-order valence-corrected chi connectivity index (χ1v) is 36.7. The summed E-state index contributed by atoms with van der Waals surface area (Å²) in [6.45, 7) is 19.8. The Morgan fingerprint density at radius 1 is 0.393 bits per heavy atom. The molecule has 0 saturated carbocycles. The van der Waals surface area contributed by atoms with Crippen molar-refractivity contribution in [3.05, 3.63) is 333 Å². The molecule has 0 unspecified atom stereocenters. The van der Waals surface area contributed by atoms with E-state index in [2.05, 4.69) is 129 Å². The number of alkyl carbamates (subject to hydrolysis) is 2. The number of carboxylic acids is 1. The minimum Gasteiger partial charge on any atom is -0.477 e. The number of halogens is 1. The van der Waals surface area contributed by atoms with Gasteiger partial charge in [0.25, 0.3) is 0 Å². The second-order valence-electron chi connectivity index (χ2n) is 29.1. The monoisotopic (exact) mass is 1530 g/mol. The Bertz CT molecular complexity index is 5090. The Kier molecular flexibility index (Phi) is 30.5. The van der Waals surface area contributed by atoms with Crippen LogP contribution in [0.15, 0.2) is 255 Å². The lowest BCUT2D eigenvalue weighted by molar-refractivity contribution is 0.0512. The van der Waals surface area contributed by atoms with E-state index >= 15 is 0 Å². The number of hydrogen-bond acceptors (Lipinski definition) is 15. The van der Waals surface area contributed by atoms with Gasteiger partial charge in [0.05, 0.1) is 34.1 Å². The molecule has 0 bridgehead atoms. The highest BCUT2D eigenvalue weighted by Gasteiger charge is 2.22. The molecule has 0 fully saturated rings. The van der Waals surface area contributed by atoms with Crippen LogP contribution in [0, 0.1) is 20.8 Å². The number of nitrogen functional groups attached to an aromatic ring is 1. The molecule has 21 nitrogen and oxygen atoms in total. The van der Waals surface area contributed by atoms with Gasteiger partial charge in [-0.2, -0.15) is 15.3 Å². The van der Waals surface area contributed by atoms with Crippen LogP contribution in [-0.2, 0) is 61.6 Å². The van der Waals surface area contributed by atoms with E-state index in [4.69, 9.17) is 20.9 Å². The third-order valence-corrected chi connectivity index (χ3v) is 17.2. The number of carboxylic acid groups (broad SMARTS) is 1. The van der Waals surface area contributed by atoms with E-state index in [0.717, 1.165) is 92.8 Å². The van der Waals surface area contributed by atoms with Crippen molar-refractivity contribution < 1.29 is 38.6 Å². The highest BCUT2D eigenvalue weighted by molar-refractivity contribution is 5.97.